The largest absolute Gasteiger partial charge is 0.507 e. The quantitative estimate of drug-likeness (QED) is 0.740. The van der Waals surface area contributed by atoms with Gasteiger partial charge in [-0.25, -0.2) is 0 Å². The topological polar surface area (TPSA) is 79.5 Å². The number of aromatic hydroxyl groups is 1. The summed E-state index contributed by atoms with van der Waals surface area (Å²) in [5.41, 5.74) is 3.35. The number of furan rings is 1. The van der Waals surface area contributed by atoms with Crippen LogP contribution in [0.2, 0.25) is 0 Å². The monoisotopic (exact) mass is 366 g/mol. The fourth-order valence-electron chi connectivity index (χ4n) is 3.72. The van der Waals surface area contributed by atoms with Gasteiger partial charge in [-0.2, -0.15) is 0 Å². The van der Waals surface area contributed by atoms with Crippen LogP contribution in [0.5, 0.6) is 28.7 Å². The van der Waals surface area contributed by atoms with E-state index in [0.29, 0.717) is 29.4 Å². The average molecular weight is 366 g/mol. The van der Waals surface area contributed by atoms with Gasteiger partial charge in [0.25, 0.3) is 0 Å². The molecule has 0 fully saturated rings. The zero-order chi connectivity index (χ0) is 18.0. The van der Waals surface area contributed by atoms with Crippen molar-refractivity contribution in [1.82, 2.24) is 0 Å². The molecule has 3 aliphatic heterocycles. The van der Waals surface area contributed by atoms with Crippen LogP contribution in [0.3, 0.4) is 0 Å². The zero-order valence-corrected chi connectivity index (χ0v) is 14.1. The molecule has 7 nitrogen and oxygen atoms in total. The Kier molecular flexibility index (Phi) is 2.93. The Morgan fingerprint density at radius 2 is 1.56 bits per heavy atom. The van der Waals surface area contributed by atoms with E-state index in [1.165, 1.54) is 0 Å². The van der Waals surface area contributed by atoms with E-state index in [4.69, 9.17) is 28.1 Å². The molecule has 1 aromatic heterocycles. The summed E-state index contributed by atoms with van der Waals surface area (Å²) in [6.07, 6.45) is 1.25. The normalized spacial score (nSPS) is 18.7. The van der Waals surface area contributed by atoms with Gasteiger partial charge in [0.2, 0.25) is 13.6 Å². The summed E-state index contributed by atoms with van der Waals surface area (Å²) in [6.45, 7) is 0.757. The lowest BCUT2D eigenvalue weighted by Crippen LogP contribution is -1.98. The Balaban J connectivity index is 1.40. The van der Waals surface area contributed by atoms with E-state index in [1.54, 1.807) is 18.4 Å². The van der Waals surface area contributed by atoms with E-state index in [1.807, 2.05) is 18.2 Å². The highest BCUT2D eigenvalue weighted by Gasteiger charge is 2.34. The van der Waals surface area contributed by atoms with Gasteiger partial charge in [-0.1, -0.05) is 0 Å². The molecule has 0 saturated carbocycles. The third kappa shape index (κ3) is 2.12. The molecule has 0 radical (unpaired) electrons. The third-order valence-corrected chi connectivity index (χ3v) is 5.04. The molecule has 0 spiro atoms. The van der Waals surface area contributed by atoms with Gasteiger partial charge in [0.1, 0.15) is 17.6 Å². The van der Waals surface area contributed by atoms with E-state index in [9.17, 15) is 5.11 Å². The molecular weight excluding hydrogens is 352 g/mol. The molecule has 2 aromatic carbocycles. The molecule has 0 saturated heterocycles. The molecular formula is C20H14O7. The lowest BCUT2D eigenvalue weighted by Gasteiger charge is -2.13. The van der Waals surface area contributed by atoms with Crippen molar-refractivity contribution in [2.75, 3.05) is 13.6 Å². The highest BCUT2D eigenvalue weighted by Crippen LogP contribution is 2.48. The van der Waals surface area contributed by atoms with Gasteiger partial charge < -0.3 is 33.2 Å². The fraction of sp³-hybridized carbons (Fsp3) is 0.200. The molecule has 27 heavy (non-hydrogen) atoms. The predicted octanol–water partition coefficient (Wildman–Crippen LogP) is 3.73. The molecule has 3 aliphatic rings. The summed E-state index contributed by atoms with van der Waals surface area (Å²) >= 11 is 0. The van der Waals surface area contributed by atoms with Gasteiger partial charge in [-0.05, 0) is 24.3 Å². The summed E-state index contributed by atoms with van der Waals surface area (Å²) in [6, 6.07) is 9.00. The van der Waals surface area contributed by atoms with Gasteiger partial charge in [0, 0.05) is 28.3 Å². The Morgan fingerprint density at radius 3 is 2.41 bits per heavy atom. The Morgan fingerprint density at radius 1 is 0.815 bits per heavy atom. The van der Waals surface area contributed by atoms with Crippen LogP contribution in [0.4, 0.5) is 0 Å². The highest BCUT2D eigenvalue weighted by molar-refractivity contribution is 5.68. The highest BCUT2D eigenvalue weighted by atomic mass is 16.7. The van der Waals surface area contributed by atoms with Crippen molar-refractivity contribution in [3.63, 3.8) is 0 Å². The molecule has 1 atom stereocenters. The fourth-order valence-corrected chi connectivity index (χ4v) is 3.72. The van der Waals surface area contributed by atoms with Crippen molar-refractivity contribution in [2.45, 2.75) is 12.7 Å². The number of rotatable bonds is 2. The van der Waals surface area contributed by atoms with Gasteiger partial charge in [0.15, 0.2) is 23.0 Å². The van der Waals surface area contributed by atoms with Crippen molar-refractivity contribution >= 4 is 0 Å². The Bertz CT molecular complexity index is 1070. The first-order chi connectivity index (χ1) is 13.3. The number of hydrogen-bond acceptors (Lipinski definition) is 7. The summed E-state index contributed by atoms with van der Waals surface area (Å²) in [7, 11) is 0. The standard InChI is InChI=1S/C20H14O7/c21-14-5-18-17(26-9-27-18)4-11(14)20-13-7-22-19(12(13)6-23-20)10-1-2-15-16(3-10)25-8-24-15/h1-5,7,20-21H,6,8-9H2/t20-/m1/s1. The van der Waals surface area contributed by atoms with E-state index < -0.39 is 6.10 Å². The van der Waals surface area contributed by atoms with E-state index in [2.05, 4.69) is 0 Å². The SMILES string of the molecule is Oc1cc2c(cc1[C@H]1OCc3c1coc3-c1ccc3c(c1)OCO3)OCO2. The molecule has 0 amide bonds. The lowest BCUT2D eigenvalue weighted by atomic mass is 9.99. The molecule has 0 aliphatic carbocycles. The van der Waals surface area contributed by atoms with Gasteiger partial charge >= 0.3 is 0 Å². The minimum atomic E-state index is -0.430. The maximum Gasteiger partial charge on any atom is 0.231 e. The van der Waals surface area contributed by atoms with E-state index in [-0.39, 0.29) is 19.3 Å². The summed E-state index contributed by atoms with van der Waals surface area (Å²) in [4.78, 5) is 0. The molecule has 6 rings (SSSR count). The van der Waals surface area contributed by atoms with Crippen LogP contribution >= 0.6 is 0 Å². The molecule has 1 N–H and O–H groups in total. The van der Waals surface area contributed by atoms with Crippen LogP contribution in [0, 0.1) is 0 Å². The van der Waals surface area contributed by atoms with Crippen molar-refractivity contribution in [2.24, 2.45) is 0 Å². The van der Waals surface area contributed by atoms with Crippen LogP contribution in [0.1, 0.15) is 22.8 Å². The van der Waals surface area contributed by atoms with Gasteiger partial charge in [-0.15, -0.1) is 0 Å². The predicted molar refractivity (Wildman–Crippen MR) is 91.1 cm³/mol. The number of ether oxygens (including phenoxy) is 5. The first-order valence-electron chi connectivity index (χ1n) is 8.52. The van der Waals surface area contributed by atoms with Gasteiger partial charge in [-0.3, -0.25) is 0 Å². The van der Waals surface area contributed by atoms with E-state index >= 15 is 0 Å². The second-order valence-corrected chi connectivity index (χ2v) is 6.52. The maximum atomic E-state index is 10.4. The maximum absolute atomic E-state index is 10.4. The zero-order valence-electron chi connectivity index (χ0n) is 14.1. The minimum Gasteiger partial charge on any atom is -0.507 e. The minimum absolute atomic E-state index is 0.0999. The molecule has 136 valence electrons. The molecule has 0 bridgehead atoms. The van der Waals surface area contributed by atoms with Crippen molar-refractivity contribution in [1.29, 1.82) is 0 Å². The molecule has 4 heterocycles. The lowest BCUT2D eigenvalue weighted by molar-refractivity contribution is 0.0897. The van der Waals surface area contributed by atoms with Crippen molar-refractivity contribution < 1.29 is 33.2 Å². The number of phenolic OH excluding ortho intramolecular Hbond substituents is 1. The average Bonchev–Trinajstić information content (AvgIpc) is 3.43. The molecule has 0 unspecified atom stereocenters. The third-order valence-electron chi connectivity index (χ3n) is 5.04. The molecule has 3 aromatic rings. The van der Waals surface area contributed by atoms with Crippen LogP contribution in [-0.2, 0) is 11.3 Å². The van der Waals surface area contributed by atoms with Crippen molar-refractivity contribution in [3.8, 4) is 40.1 Å². The first kappa shape index (κ1) is 14.8. The number of hydrogen-bond donors (Lipinski definition) is 1. The Hall–Kier alpha value is -3.32. The summed E-state index contributed by atoms with van der Waals surface area (Å²) in [5, 5.41) is 10.4. The van der Waals surface area contributed by atoms with Crippen LogP contribution in [0.15, 0.2) is 41.0 Å². The smallest absolute Gasteiger partial charge is 0.231 e. The van der Waals surface area contributed by atoms with Crippen LogP contribution in [-0.4, -0.2) is 18.7 Å². The molecule has 7 heteroatoms. The first-order valence-corrected chi connectivity index (χ1v) is 8.52. The Labute approximate surface area is 153 Å². The second kappa shape index (κ2) is 5.34. The number of fused-ring (bicyclic) bond motifs is 3. The van der Waals surface area contributed by atoms with E-state index in [0.717, 1.165) is 28.2 Å². The second-order valence-electron chi connectivity index (χ2n) is 6.52. The summed E-state index contributed by atoms with van der Waals surface area (Å²) < 4.78 is 33.4. The van der Waals surface area contributed by atoms with Gasteiger partial charge in [0.05, 0.1) is 12.9 Å². The number of phenols is 1. The number of benzene rings is 2. The van der Waals surface area contributed by atoms with Crippen LogP contribution < -0.4 is 18.9 Å². The van der Waals surface area contributed by atoms with Crippen LogP contribution in [0.25, 0.3) is 11.3 Å². The van der Waals surface area contributed by atoms with Crippen molar-refractivity contribution in [3.05, 3.63) is 53.3 Å². The summed E-state index contributed by atoms with van der Waals surface area (Å²) in [5.74, 6) is 3.37.